The molecule has 4 rings (SSSR count). The highest BCUT2D eigenvalue weighted by Gasteiger charge is 2.31. The number of nitrogens with zero attached hydrogens (tertiary/aromatic N) is 3. The summed E-state index contributed by atoms with van der Waals surface area (Å²) >= 11 is 0. The maximum Gasteiger partial charge on any atom is 0.368 e. The molecule has 174 valence electrons. The van der Waals surface area contributed by atoms with Gasteiger partial charge >= 0.3 is 5.97 Å². The van der Waals surface area contributed by atoms with Crippen LogP contribution in [-0.2, 0) is 11.4 Å². The number of ether oxygens (including phenoxy) is 1. The minimum Gasteiger partial charge on any atom is -0.489 e. The minimum absolute atomic E-state index is 0.198. The number of carbonyl (C=O) groups is 1. The smallest absolute Gasteiger partial charge is 0.368 e. The molecule has 6 nitrogen and oxygen atoms in total. The van der Waals surface area contributed by atoms with E-state index >= 15 is 0 Å². The molecule has 0 fully saturated rings. The van der Waals surface area contributed by atoms with E-state index in [0.717, 1.165) is 16.8 Å². The first-order chi connectivity index (χ1) is 16.4. The average molecular weight is 463 g/mol. The second kappa shape index (κ2) is 10.2. The molecule has 0 amide bonds. The van der Waals surface area contributed by atoms with Crippen LogP contribution in [0.15, 0.2) is 83.1 Å². The predicted molar refractivity (Wildman–Crippen MR) is 124 cm³/mol. The van der Waals surface area contributed by atoms with Crippen LogP contribution in [0.5, 0.6) is 5.75 Å². The van der Waals surface area contributed by atoms with Crippen molar-refractivity contribution < 1.29 is 23.1 Å². The van der Waals surface area contributed by atoms with Gasteiger partial charge in [0.25, 0.3) is 0 Å². The summed E-state index contributed by atoms with van der Waals surface area (Å²) in [5.41, 5.74) is 2.38. The maximum atomic E-state index is 13.8. The number of carbonyl (C=O) groups excluding carboxylic acids is 1. The summed E-state index contributed by atoms with van der Waals surface area (Å²) < 4.78 is 33.1. The Hall–Kier alpha value is -4.07. The molecule has 0 bridgehead atoms. The first-order valence-corrected chi connectivity index (χ1v) is 10.7. The van der Waals surface area contributed by atoms with Gasteiger partial charge in [0, 0.05) is 17.7 Å². The third kappa shape index (κ3) is 5.28. The van der Waals surface area contributed by atoms with Crippen LogP contribution < -0.4 is 4.74 Å². The van der Waals surface area contributed by atoms with Gasteiger partial charge in [-0.2, -0.15) is 5.10 Å². The molecule has 0 saturated carbocycles. The lowest BCUT2D eigenvalue weighted by atomic mass is 10.0. The summed E-state index contributed by atoms with van der Waals surface area (Å²) in [6.45, 7) is 3.83. The second-order valence-electron chi connectivity index (χ2n) is 7.85. The van der Waals surface area contributed by atoms with Crippen molar-refractivity contribution in [3.05, 3.63) is 101 Å². The number of halogens is 2. The van der Waals surface area contributed by atoms with Crippen molar-refractivity contribution in [1.29, 1.82) is 0 Å². The summed E-state index contributed by atoms with van der Waals surface area (Å²) in [5, 5.41) is 10.1. The van der Waals surface area contributed by atoms with Crippen LogP contribution in [0.3, 0.4) is 0 Å². The Kier molecular flexibility index (Phi) is 6.96. The number of hydrogen-bond acceptors (Lipinski definition) is 5. The Morgan fingerprint density at radius 1 is 1.06 bits per heavy atom. The van der Waals surface area contributed by atoms with Crippen molar-refractivity contribution in [2.24, 2.45) is 10.3 Å². The number of amidine groups is 1. The normalized spacial score (nSPS) is 15.8. The topological polar surface area (TPSA) is 63.5 Å². The highest BCUT2D eigenvalue weighted by atomic mass is 19.1. The van der Waals surface area contributed by atoms with Gasteiger partial charge in [0.2, 0.25) is 0 Å². The van der Waals surface area contributed by atoms with E-state index in [1.807, 2.05) is 31.2 Å². The molecule has 0 N–H and O–H groups in total. The molecular formula is C26H23F2N3O3. The Balaban J connectivity index is 1.51. The Morgan fingerprint density at radius 2 is 1.76 bits per heavy atom. The fourth-order valence-electron chi connectivity index (χ4n) is 3.65. The largest absolute Gasteiger partial charge is 0.489 e. The van der Waals surface area contributed by atoms with Crippen LogP contribution in [-0.4, -0.2) is 22.5 Å². The van der Waals surface area contributed by atoms with Crippen molar-refractivity contribution in [3.63, 3.8) is 0 Å². The van der Waals surface area contributed by atoms with Gasteiger partial charge in [-0.15, -0.1) is 0 Å². The molecule has 0 saturated heterocycles. The highest BCUT2D eigenvalue weighted by molar-refractivity contribution is 5.92. The van der Waals surface area contributed by atoms with E-state index in [-0.39, 0.29) is 24.0 Å². The monoisotopic (exact) mass is 463 g/mol. The van der Waals surface area contributed by atoms with Gasteiger partial charge in [-0.25, -0.2) is 18.6 Å². The first-order valence-electron chi connectivity index (χ1n) is 10.7. The number of oxime groups is 1. The van der Waals surface area contributed by atoms with Gasteiger partial charge < -0.3 is 9.57 Å². The van der Waals surface area contributed by atoms with Gasteiger partial charge in [-0.1, -0.05) is 47.6 Å². The standard InChI is InChI=1S/C26H23F2N3O3/c1-17-15-24(22-8-4-6-10-25(22)33-16-19-11-13-20(27)14-12-19)31(29-17)18(2)30-34-26(32)21-7-3-5-9-23(21)28/h3-14,24H,15-16H2,1-2H3/b30-18-. The number of hydrazone groups is 1. The SMILES string of the molecule is CC1=NN(/C(C)=N\OC(=O)c2ccccc2F)C(c2ccccc2OCc2ccc(F)cc2)C1. The van der Waals surface area contributed by atoms with Gasteiger partial charge in [-0.05, 0) is 49.7 Å². The summed E-state index contributed by atoms with van der Waals surface area (Å²) in [4.78, 5) is 17.2. The first kappa shape index (κ1) is 23.1. The number of rotatable bonds is 6. The van der Waals surface area contributed by atoms with Crippen molar-refractivity contribution in [3.8, 4) is 5.75 Å². The van der Waals surface area contributed by atoms with Crippen LogP contribution in [0.25, 0.3) is 0 Å². The molecule has 1 heterocycles. The molecule has 1 atom stereocenters. The van der Waals surface area contributed by atoms with E-state index in [1.54, 1.807) is 30.1 Å². The second-order valence-corrected chi connectivity index (χ2v) is 7.85. The lowest BCUT2D eigenvalue weighted by Crippen LogP contribution is -2.26. The number of benzene rings is 3. The zero-order chi connectivity index (χ0) is 24.1. The number of para-hydroxylation sites is 1. The van der Waals surface area contributed by atoms with Crippen LogP contribution in [0, 0.1) is 11.6 Å². The van der Waals surface area contributed by atoms with Crippen LogP contribution in [0.4, 0.5) is 8.78 Å². The van der Waals surface area contributed by atoms with E-state index in [0.29, 0.717) is 18.0 Å². The molecule has 8 heteroatoms. The molecule has 0 spiro atoms. The van der Waals surface area contributed by atoms with Crippen LogP contribution in [0.1, 0.15) is 47.8 Å². The predicted octanol–water partition coefficient (Wildman–Crippen LogP) is 5.86. The zero-order valence-corrected chi connectivity index (χ0v) is 18.7. The summed E-state index contributed by atoms with van der Waals surface area (Å²) in [5.74, 6) is -0.885. The van der Waals surface area contributed by atoms with Crippen LogP contribution >= 0.6 is 0 Å². The van der Waals surface area contributed by atoms with Crippen molar-refractivity contribution in [2.45, 2.75) is 32.9 Å². The lowest BCUT2D eigenvalue weighted by Gasteiger charge is -2.24. The third-order valence-corrected chi connectivity index (χ3v) is 5.33. The van der Waals surface area contributed by atoms with Gasteiger partial charge in [0.1, 0.15) is 24.0 Å². The fourth-order valence-corrected chi connectivity index (χ4v) is 3.65. The molecule has 1 aliphatic rings. The molecule has 0 radical (unpaired) electrons. The molecular weight excluding hydrogens is 440 g/mol. The minimum atomic E-state index is -0.892. The molecule has 34 heavy (non-hydrogen) atoms. The van der Waals surface area contributed by atoms with E-state index in [2.05, 4.69) is 10.3 Å². The number of hydrogen-bond donors (Lipinski definition) is 0. The highest BCUT2D eigenvalue weighted by Crippen LogP contribution is 2.36. The lowest BCUT2D eigenvalue weighted by molar-refractivity contribution is 0.0502. The van der Waals surface area contributed by atoms with Gasteiger partial charge in [0.05, 0.1) is 11.6 Å². The fraction of sp³-hybridized carbons (Fsp3) is 0.192. The molecule has 1 aliphatic heterocycles. The van der Waals surface area contributed by atoms with Gasteiger partial charge in [-0.3, -0.25) is 0 Å². The molecule has 3 aromatic rings. The quantitative estimate of drug-likeness (QED) is 0.199. The van der Waals surface area contributed by atoms with E-state index in [4.69, 9.17) is 9.57 Å². The Morgan fingerprint density at radius 3 is 2.53 bits per heavy atom. The molecule has 3 aromatic carbocycles. The van der Waals surface area contributed by atoms with E-state index in [1.165, 1.54) is 30.3 Å². The van der Waals surface area contributed by atoms with Gasteiger partial charge in [0.15, 0.2) is 5.84 Å². The van der Waals surface area contributed by atoms with E-state index < -0.39 is 11.8 Å². The zero-order valence-electron chi connectivity index (χ0n) is 18.7. The molecule has 1 unspecified atom stereocenters. The van der Waals surface area contributed by atoms with Crippen LogP contribution in [0.2, 0.25) is 0 Å². The summed E-state index contributed by atoms with van der Waals surface area (Å²) in [7, 11) is 0. The van der Waals surface area contributed by atoms with Crippen molar-refractivity contribution >= 4 is 17.5 Å². The van der Waals surface area contributed by atoms with Crippen molar-refractivity contribution in [1.82, 2.24) is 5.01 Å². The van der Waals surface area contributed by atoms with Crippen molar-refractivity contribution in [2.75, 3.05) is 0 Å². The Bertz CT molecular complexity index is 1240. The maximum absolute atomic E-state index is 13.8. The van der Waals surface area contributed by atoms with E-state index in [9.17, 15) is 13.6 Å². The summed E-state index contributed by atoms with van der Waals surface area (Å²) in [6.07, 6.45) is 0.616. The molecule has 0 aromatic heterocycles. The summed E-state index contributed by atoms with van der Waals surface area (Å²) in [6, 6.07) is 19.0. The Labute approximate surface area is 196 Å². The third-order valence-electron chi connectivity index (χ3n) is 5.33. The average Bonchev–Trinajstić information content (AvgIpc) is 3.24. The molecule has 0 aliphatic carbocycles.